The third-order valence-corrected chi connectivity index (χ3v) is 3.05. The second-order valence-corrected chi connectivity index (χ2v) is 4.86. The van der Waals surface area contributed by atoms with E-state index in [9.17, 15) is 0 Å². The monoisotopic (exact) mass is 277 g/mol. The Morgan fingerprint density at radius 3 is 2.74 bits per heavy atom. The Balaban J connectivity index is 2.17. The minimum atomic E-state index is -0.156. The first kappa shape index (κ1) is 13.8. The van der Waals surface area contributed by atoms with Crippen molar-refractivity contribution in [1.29, 1.82) is 0 Å². The smallest absolute Gasteiger partial charge is 0.216 e. The van der Waals surface area contributed by atoms with Crippen LogP contribution in [0.25, 0.3) is 0 Å². The van der Waals surface area contributed by atoms with Crippen LogP contribution in [0.2, 0.25) is 5.02 Å². The van der Waals surface area contributed by atoms with Gasteiger partial charge in [0, 0.05) is 29.2 Å². The van der Waals surface area contributed by atoms with E-state index in [1.165, 1.54) is 6.33 Å². The number of rotatable bonds is 4. The molecule has 0 fully saturated rings. The fourth-order valence-electron chi connectivity index (χ4n) is 1.92. The van der Waals surface area contributed by atoms with Gasteiger partial charge in [0.2, 0.25) is 5.88 Å². The standard InChI is InChI=1S/C14H16ClN3O/c1-9-3-10(5-11(15)4-9)13(16)6-12-7-14(19-2)18-8-17-12/h3-5,7-8,13H,6,16H2,1-2H3. The van der Waals surface area contributed by atoms with Gasteiger partial charge in [0.05, 0.1) is 7.11 Å². The van der Waals surface area contributed by atoms with Gasteiger partial charge in [-0.3, -0.25) is 0 Å². The maximum atomic E-state index is 6.20. The lowest BCUT2D eigenvalue weighted by molar-refractivity contribution is 0.395. The Hall–Kier alpha value is -1.65. The summed E-state index contributed by atoms with van der Waals surface area (Å²) >= 11 is 6.04. The lowest BCUT2D eigenvalue weighted by Gasteiger charge is -2.13. The first-order valence-electron chi connectivity index (χ1n) is 5.96. The number of hydrogen-bond acceptors (Lipinski definition) is 4. The third kappa shape index (κ3) is 3.66. The highest BCUT2D eigenvalue weighted by molar-refractivity contribution is 6.30. The quantitative estimate of drug-likeness (QED) is 0.933. The summed E-state index contributed by atoms with van der Waals surface area (Å²) in [4.78, 5) is 8.16. The van der Waals surface area contributed by atoms with E-state index in [2.05, 4.69) is 9.97 Å². The summed E-state index contributed by atoms with van der Waals surface area (Å²) in [6.45, 7) is 2.00. The average Bonchev–Trinajstić information content (AvgIpc) is 2.37. The molecule has 0 aliphatic rings. The molecule has 1 unspecified atom stereocenters. The first-order valence-corrected chi connectivity index (χ1v) is 6.34. The highest BCUT2D eigenvalue weighted by Gasteiger charge is 2.10. The van der Waals surface area contributed by atoms with Gasteiger partial charge >= 0.3 is 0 Å². The second kappa shape index (κ2) is 5.99. The van der Waals surface area contributed by atoms with Crippen LogP contribution in [0.3, 0.4) is 0 Å². The van der Waals surface area contributed by atoms with Crippen molar-refractivity contribution >= 4 is 11.6 Å². The van der Waals surface area contributed by atoms with Crippen molar-refractivity contribution in [3.8, 4) is 5.88 Å². The summed E-state index contributed by atoms with van der Waals surface area (Å²) in [6, 6.07) is 7.46. The molecule has 1 atom stereocenters. The molecule has 0 amide bonds. The molecule has 0 spiro atoms. The highest BCUT2D eigenvalue weighted by Crippen LogP contribution is 2.21. The van der Waals surface area contributed by atoms with Gasteiger partial charge in [-0.05, 0) is 30.2 Å². The van der Waals surface area contributed by atoms with E-state index in [0.717, 1.165) is 16.8 Å². The summed E-state index contributed by atoms with van der Waals surface area (Å²) in [5.41, 5.74) is 9.14. The number of ether oxygens (including phenoxy) is 1. The number of benzene rings is 1. The minimum absolute atomic E-state index is 0.156. The van der Waals surface area contributed by atoms with E-state index in [1.54, 1.807) is 13.2 Å². The van der Waals surface area contributed by atoms with E-state index in [1.807, 2.05) is 25.1 Å². The van der Waals surface area contributed by atoms with Crippen LogP contribution in [0.4, 0.5) is 0 Å². The van der Waals surface area contributed by atoms with Gasteiger partial charge in [0.1, 0.15) is 6.33 Å². The van der Waals surface area contributed by atoms with Crippen LogP contribution >= 0.6 is 11.6 Å². The van der Waals surface area contributed by atoms with Crippen molar-refractivity contribution in [3.05, 3.63) is 52.4 Å². The summed E-state index contributed by atoms with van der Waals surface area (Å²) in [7, 11) is 1.58. The number of aromatic nitrogens is 2. The Kier molecular flexibility index (Phi) is 4.35. The van der Waals surface area contributed by atoms with Crippen LogP contribution in [0, 0.1) is 6.92 Å². The average molecular weight is 278 g/mol. The Morgan fingerprint density at radius 1 is 1.26 bits per heavy atom. The van der Waals surface area contributed by atoms with Crippen molar-refractivity contribution in [2.75, 3.05) is 7.11 Å². The lowest BCUT2D eigenvalue weighted by Crippen LogP contribution is -2.14. The molecule has 1 aromatic carbocycles. The van der Waals surface area contributed by atoms with E-state index in [4.69, 9.17) is 22.1 Å². The Labute approximate surface area is 117 Å². The Morgan fingerprint density at radius 2 is 2.05 bits per heavy atom. The van der Waals surface area contributed by atoms with E-state index >= 15 is 0 Å². The maximum absolute atomic E-state index is 6.20. The Bertz CT molecular complexity index is 554. The molecule has 100 valence electrons. The summed E-state index contributed by atoms with van der Waals surface area (Å²) in [6.07, 6.45) is 2.09. The molecule has 4 nitrogen and oxygen atoms in total. The normalized spacial score (nSPS) is 12.2. The van der Waals surface area contributed by atoms with Crippen LogP contribution in [-0.4, -0.2) is 17.1 Å². The SMILES string of the molecule is COc1cc(CC(N)c2cc(C)cc(Cl)c2)ncn1. The van der Waals surface area contributed by atoms with Gasteiger partial charge in [-0.25, -0.2) is 9.97 Å². The molecule has 0 bridgehead atoms. The molecule has 0 radical (unpaired) electrons. The summed E-state index contributed by atoms with van der Waals surface area (Å²) in [5.74, 6) is 0.541. The molecule has 2 rings (SSSR count). The lowest BCUT2D eigenvalue weighted by atomic mass is 10.0. The van der Waals surface area contributed by atoms with Crippen LogP contribution in [0.1, 0.15) is 22.9 Å². The molecule has 1 heterocycles. The molecular weight excluding hydrogens is 262 g/mol. The number of hydrogen-bond donors (Lipinski definition) is 1. The van der Waals surface area contributed by atoms with Crippen LogP contribution < -0.4 is 10.5 Å². The minimum Gasteiger partial charge on any atom is -0.481 e. The number of nitrogens with two attached hydrogens (primary N) is 1. The topological polar surface area (TPSA) is 61.0 Å². The van der Waals surface area contributed by atoms with Gasteiger partial charge < -0.3 is 10.5 Å². The molecule has 19 heavy (non-hydrogen) atoms. The number of aryl methyl sites for hydroxylation is 1. The molecule has 1 aromatic heterocycles. The van der Waals surface area contributed by atoms with Crippen LogP contribution in [-0.2, 0) is 6.42 Å². The van der Waals surface area contributed by atoms with Gasteiger partial charge in [-0.15, -0.1) is 0 Å². The predicted molar refractivity (Wildman–Crippen MR) is 75.4 cm³/mol. The van der Waals surface area contributed by atoms with Gasteiger partial charge in [0.15, 0.2) is 0 Å². The van der Waals surface area contributed by atoms with Crippen molar-refractivity contribution in [2.45, 2.75) is 19.4 Å². The van der Waals surface area contributed by atoms with Crippen molar-refractivity contribution in [3.63, 3.8) is 0 Å². The molecule has 2 N–H and O–H groups in total. The molecule has 0 saturated carbocycles. The largest absolute Gasteiger partial charge is 0.481 e. The number of nitrogens with zero attached hydrogens (tertiary/aromatic N) is 2. The van der Waals surface area contributed by atoms with Gasteiger partial charge in [-0.1, -0.05) is 17.7 Å². The summed E-state index contributed by atoms with van der Waals surface area (Å²) in [5, 5.41) is 0.700. The molecule has 2 aromatic rings. The molecular formula is C14H16ClN3O. The van der Waals surface area contributed by atoms with Crippen molar-refractivity contribution in [1.82, 2.24) is 9.97 Å². The van der Waals surface area contributed by atoms with E-state index in [-0.39, 0.29) is 6.04 Å². The molecule has 0 saturated heterocycles. The van der Waals surface area contributed by atoms with Crippen molar-refractivity contribution < 1.29 is 4.74 Å². The zero-order chi connectivity index (χ0) is 13.8. The zero-order valence-electron chi connectivity index (χ0n) is 10.9. The second-order valence-electron chi connectivity index (χ2n) is 4.42. The third-order valence-electron chi connectivity index (χ3n) is 2.83. The van der Waals surface area contributed by atoms with Gasteiger partial charge in [0.25, 0.3) is 0 Å². The zero-order valence-corrected chi connectivity index (χ0v) is 11.7. The van der Waals surface area contributed by atoms with Crippen LogP contribution in [0.5, 0.6) is 5.88 Å². The van der Waals surface area contributed by atoms with E-state index in [0.29, 0.717) is 17.3 Å². The fraction of sp³-hybridized carbons (Fsp3) is 0.286. The van der Waals surface area contributed by atoms with Crippen LogP contribution in [0.15, 0.2) is 30.6 Å². The first-order chi connectivity index (χ1) is 9.08. The number of halogens is 1. The molecule has 0 aliphatic carbocycles. The van der Waals surface area contributed by atoms with Crippen molar-refractivity contribution in [2.24, 2.45) is 5.73 Å². The predicted octanol–water partition coefficient (Wildman–Crippen LogP) is 2.69. The molecule has 5 heteroatoms. The van der Waals surface area contributed by atoms with E-state index < -0.39 is 0 Å². The summed E-state index contributed by atoms with van der Waals surface area (Å²) < 4.78 is 5.07. The maximum Gasteiger partial charge on any atom is 0.216 e. The fourth-order valence-corrected chi connectivity index (χ4v) is 2.22. The van der Waals surface area contributed by atoms with Gasteiger partial charge in [-0.2, -0.15) is 0 Å². The molecule has 0 aliphatic heterocycles. The highest BCUT2D eigenvalue weighted by atomic mass is 35.5. The number of methoxy groups -OCH3 is 1.